The van der Waals surface area contributed by atoms with Crippen LogP contribution < -0.4 is 0 Å². The third-order valence-corrected chi connectivity index (χ3v) is 4.43. The number of hydrogen-bond acceptors (Lipinski definition) is 3. The van der Waals surface area contributed by atoms with Crippen LogP contribution >= 0.6 is 0 Å². The first-order chi connectivity index (χ1) is 5.58. The Hall–Kier alpha value is -0.530. The highest BCUT2D eigenvalue weighted by Gasteiger charge is 2.33. The van der Waals surface area contributed by atoms with Crippen LogP contribution in [0.5, 0.6) is 0 Å². The maximum absolute atomic E-state index is 11.3. The lowest BCUT2D eigenvalue weighted by Gasteiger charge is -2.23. The van der Waals surface area contributed by atoms with Crippen molar-refractivity contribution in [1.29, 1.82) is 0 Å². The highest BCUT2D eigenvalue weighted by atomic mass is 32.2. The second-order valence-corrected chi connectivity index (χ2v) is 5.35. The molecule has 2 unspecified atom stereocenters. The van der Waals surface area contributed by atoms with Gasteiger partial charge in [0.15, 0.2) is 9.84 Å². The van der Waals surface area contributed by atoms with Crippen LogP contribution in [-0.4, -0.2) is 30.6 Å². The van der Waals surface area contributed by atoms with Gasteiger partial charge in [-0.1, -0.05) is 12.3 Å². The van der Waals surface area contributed by atoms with E-state index in [1.165, 1.54) is 0 Å². The van der Waals surface area contributed by atoms with Crippen LogP contribution in [-0.2, 0) is 9.84 Å². The monoisotopic (exact) mass is 188 g/mol. The predicted molar refractivity (Wildman–Crippen MR) is 46.3 cm³/mol. The minimum Gasteiger partial charge on any atom is -0.379 e. The molecule has 0 spiro atoms. The molecule has 0 radical (unpaired) electrons. The summed E-state index contributed by atoms with van der Waals surface area (Å²) in [5.41, 5.74) is 0. The van der Waals surface area contributed by atoms with Crippen LogP contribution in [0.2, 0.25) is 0 Å². The zero-order valence-electron chi connectivity index (χ0n) is 6.73. The lowest BCUT2D eigenvalue weighted by molar-refractivity contribution is 0.217. The quantitative estimate of drug-likeness (QED) is 0.587. The molecule has 1 saturated heterocycles. The zero-order valence-corrected chi connectivity index (χ0v) is 7.55. The Morgan fingerprint density at radius 1 is 1.50 bits per heavy atom. The summed E-state index contributed by atoms with van der Waals surface area (Å²) in [4.78, 5) is 0. The number of hydrogen-bond donors (Lipinski definition) is 1. The molecule has 0 aliphatic carbocycles. The van der Waals surface area contributed by atoms with Crippen molar-refractivity contribution in [2.45, 2.75) is 30.6 Å². The van der Waals surface area contributed by atoms with Crippen molar-refractivity contribution in [3.63, 3.8) is 0 Å². The Balaban J connectivity index is 2.82. The molecule has 0 aromatic carbocycles. The van der Waals surface area contributed by atoms with E-state index in [-0.39, 0.29) is 5.75 Å². The van der Waals surface area contributed by atoms with Crippen molar-refractivity contribution in [2.24, 2.45) is 0 Å². The SMILES string of the molecule is C#CC(O)C1CCCCS1(=O)=O. The van der Waals surface area contributed by atoms with E-state index in [1.54, 1.807) is 0 Å². The molecule has 1 N–H and O–H groups in total. The Morgan fingerprint density at radius 3 is 2.67 bits per heavy atom. The lowest BCUT2D eigenvalue weighted by Crippen LogP contribution is -2.37. The average molecular weight is 188 g/mol. The van der Waals surface area contributed by atoms with Crippen LogP contribution in [0, 0.1) is 12.3 Å². The zero-order chi connectivity index (χ0) is 9.19. The summed E-state index contributed by atoms with van der Waals surface area (Å²) in [6, 6.07) is 0. The summed E-state index contributed by atoms with van der Waals surface area (Å²) in [6.45, 7) is 0. The van der Waals surface area contributed by atoms with Gasteiger partial charge in [0, 0.05) is 0 Å². The van der Waals surface area contributed by atoms with Gasteiger partial charge in [0.05, 0.1) is 11.0 Å². The molecule has 2 atom stereocenters. The Bertz CT molecular complexity index is 286. The lowest BCUT2D eigenvalue weighted by atomic mass is 10.1. The maximum Gasteiger partial charge on any atom is 0.156 e. The van der Waals surface area contributed by atoms with E-state index in [0.717, 1.165) is 6.42 Å². The standard InChI is InChI=1S/C8H12O3S/c1-2-7(9)8-5-3-4-6-12(8,10)11/h1,7-9H,3-6H2. The smallest absolute Gasteiger partial charge is 0.156 e. The van der Waals surface area contributed by atoms with Crippen LogP contribution in [0.1, 0.15) is 19.3 Å². The molecular weight excluding hydrogens is 176 g/mol. The van der Waals surface area contributed by atoms with Crippen molar-refractivity contribution >= 4 is 9.84 Å². The van der Waals surface area contributed by atoms with Gasteiger partial charge in [-0.15, -0.1) is 6.42 Å². The molecule has 12 heavy (non-hydrogen) atoms. The summed E-state index contributed by atoms with van der Waals surface area (Å²) < 4.78 is 22.7. The molecule has 4 heteroatoms. The summed E-state index contributed by atoms with van der Waals surface area (Å²) >= 11 is 0. The molecule has 0 bridgehead atoms. The summed E-state index contributed by atoms with van der Waals surface area (Å²) in [5.74, 6) is 2.23. The van der Waals surface area contributed by atoms with Gasteiger partial charge in [-0.05, 0) is 12.8 Å². The first-order valence-corrected chi connectivity index (χ1v) is 5.65. The number of sulfone groups is 1. The maximum atomic E-state index is 11.3. The van der Waals surface area contributed by atoms with Crippen molar-refractivity contribution < 1.29 is 13.5 Å². The summed E-state index contributed by atoms with van der Waals surface area (Å²) in [6.07, 6.45) is 5.85. The summed E-state index contributed by atoms with van der Waals surface area (Å²) in [7, 11) is -3.13. The van der Waals surface area contributed by atoms with Crippen LogP contribution in [0.4, 0.5) is 0 Å². The Labute approximate surface area is 72.7 Å². The van der Waals surface area contributed by atoms with Crippen LogP contribution in [0.25, 0.3) is 0 Å². The van der Waals surface area contributed by atoms with E-state index >= 15 is 0 Å². The van der Waals surface area contributed by atoms with E-state index < -0.39 is 21.2 Å². The number of terminal acetylenes is 1. The third kappa shape index (κ3) is 1.79. The molecule has 1 rings (SSSR count). The largest absolute Gasteiger partial charge is 0.379 e. The first kappa shape index (κ1) is 9.56. The van der Waals surface area contributed by atoms with Gasteiger partial charge < -0.3 is 5.11 Å². The second kappa shape index (κ2) is 3.46. The van der Waals surface area contributed by atoms with Crippen molar-refractivity contribution in [3.05, 3.63) is 0 Å². The van der Waals surface area contributed by atoms with Gasteiger partial charge in [-0.2, -0.15) is 0 Å². The number of aliphatic hydroxyl groups is 1. The fourth-order valence-electron chi connectivity index (χ4n) is 1.44. The molecule has 1 aliphatic heterocycles. The molecular formula is C8H12O3S. The normalized spacial score (nSPS) is 30.5. The van der Waals surface area contributed by atoms with Gasteiger partial charge in [0.2, 0.25) is 0 Å². The molecule has 1 aliphatic rings. The van der Waals surface area contributed by atoms with Gasteiger partial charge in [-0.25, -0.2) is 8.42 Å². The van der Waals surface area contributed by atoms with Gasteiger partial charge in [0.25, 0.3) is 0 Å². The van der Waals surface area contributed by atoms with E-state index in [2.05, 4.69) is 5.92 Å². The van der Waals surface area contributed by atoms with E-state index in [4.69, 9.17) is 6.42 Å². The van der Waals surface area contributed by atoms with E-state index in [1.807, 2.05) is 0 Å². The molecule has 0 saturated carbocycles. The van der Waals surface area contributed by atoms with Gasteiger partial charge >= 0.3 is 0 Å². The van der Waals surface area contributed by atoms with Crippen molar-refractivity contribution in [2.75, 3.05) is 5.75 Å². The predicted octanol–water partition coefficient (Wildman–Crippen LogP) is -0.0522. The molecule has 0 aromatic rings. The van der Waals surface area contributed by atoms with Crippen LogP contribution in [0.3, 0.4) is 0 Å². The van der Waals surface area contributed by atoms with Gasteiger partial charge in [-0.3, -0.25) is 0 Å². The molecule has 1 heterocycles. The Kier molecular flexibility index (Phi) is 2.76. The number of aliphatic hydroxyl groups excluding tert-OH is 1. The Morgan fingerprint density at radius 2 is 2.17 bits per heavy atom. The highest BCUT2D eigenvalue weighted by molar-refractivity contribution is 7.92. The van der Waals surface area contributed by atoms with Crippen molar-refractivity contribution in [3.8, 4) is 12.3 Å². The highest BCUT2D eigenvalue weighted by Crippen LogP contribution is 2.21. The third-order valence-electron chi connectivity index (χ3n) is 2.15. The minimum atomic E-state index is -3.13. The molecule has 1 fully saturated rings. The first-order valence-electron chi connectivity index (χ1n) is 3.93. The molecule has 0 aromatic heterocycles. The van der Waals surface area contributed by atoms with Crippen LogP contribution in [0.15, 0.2) is 0 Å². The topological polar surface area (TPSA) is 54.4 Å². The second-order valence-electron chi connectivity index (χ2n) is 3.01. The molecule has 3 nitrogen and oxygen atoms in total. The summed E-state index contributed by atoms with van der Waals surface area (Å²) in [5, 5.41) is 8.48. The average Bonchev–Trinajstić information content (AvgIpc) is 2.02. The van der Waals surface area contributed by atoms with E-state index in [9.17, 15) is 13.5 Å². The van der Waals surface area contributed by atoms with E-state index in [0.29, 0.717) is 12.8 Å². The molecule has 0 amide bonds. The van der Waals surface area contributed by atoms with Crippen molar-refractivity contribution in [1.82, 2.24) is 0 Å². The van der Waals surface area contributed by atoms with Gasteiger partial charge in [0.1, 0.15) is 6.10 Å². The fraction of sp³-hybridized carbons (Fsp3) is 0.750. The fourth-order valence-corrected chi connectivity index (χ4v) is 3.35. The minimum absolute atomic E-state index is 0.163. The molecule has 68 valence electrons. The number of rotatable bonds is 1.